The first-order valence-electron chi connectivity index (χ1n) is 22.6. The first-order chi connectivity index (χ1) is 26.9. The summed E-state index contributed by atoms with van der Waals surface area (Å²) in [7, 11) is -1.94. The fourth-order valence-electron chi connectivity index (χ4n) is 9.44. The highest BCUT2D eigenvalue weighted by Crippen LogP contribution is 2.48. The Morgan fingerprint density at radius 3 is 2.16 bits per heavy atom. The van der Waals surface area contributed by atoms with Crippen molar-refractivity contribution >= 4 is 22.6 Å². The van der Waals surface area contributed by atoms with E-state index in [1.807, 2.05) is 18.2 Å². The van der Waals surface area contributed by atoms with Crippen LogP contribution in [-0.2, 0) is 32.6 Å². The van der Waals surface area contributed by atoms with Crippen molar-refractivity contribution in [2.75, 3.05) is 20.3 Å². The summed E-state index contributed by atoms with van der Waals surface area (Å²) in [5.41, 5.74) is 3.31. The van der Waals surface area contributed by atoms with Gasteiger partial charge in [-0.2, -0.15) is 0 Å². The highest BCUT2D eigenvalue weighted by atomic mass is 28.4. The Balaban J connectivity index is 1.43. The number of hydrogen-bond donors (Lipinski definition) is 0. The highest BCUT2D eigenvalue weighted by molar-refractivity contribution is 6.74. The smallest absolute Gasteiger partial charge is 0.313 e. The summed E-state index contributed by atoms with van der Waals surface area (Å²) in [5.74, 6) is 0.0352. The Morgan fingerprint density at radius 1 is 0.895 bits per heavy atom. The number of benzene rings is 1. The molecular weight excluding hydrogens is 745 g/mol. The summed E-state index contributed by atoms with van der Waals surface area (Å²) in [6.45, 7) is 35.8. The molecule has 57 heavy (non-hydrogen) atoms. The average Bonchev–Trinajstić information content (AvgIpc) is 3.68. The third-order valence-electron chi connectivity index (χ3n) is 14.7. The molecule has 0 aliphatic carbocycles. The molecule has 0 spiro atoms. The molecule has 3 aliphatic heterocycles. The lowest BCUT2D eigenvalue weighted by atomic mass is 9.72. The van der Waals surface area contributed by atoms with E-state index < -0.39 is 22.6 Å². The fourth-order valence-corrected chi connectivity index (χ4v) is 13.3. The minimum Gasteiger partial charge on any atom is -0.469 e. The molecule has 3 saturated heterocycles. The van der Waals surface area contributed by atoms with Crippen LogP contribution >= 0.6 is 0 Å². The largest absolute Gasteiger partial charge is 0.469 e. The molecule has 9 heteroatoms. The van der Waals surface area contributed by atoms with E-state index in [2.05, 4.69) is 101 Å². The number of esters is 1. The summed E-state index contributed by atoms with van der Waals surface area (Å²) in [6, 6.07) is 13.7. The second-order valence-electron chi connectivity index (χ2n) is 19.6. The van der Waals surface area contributed by atoms with Crippen LogP contribution in [0, 0.1) is 23.7 Å². The van der Waals surface area contributed by atoms with Crippen LogP contribution in [0.5, 0.6) is 0 Å². The minimum absolute atomic E-state index is 0.0152. The maximum Gasteiger partial charge on any atom is 0.313 e. The lowest BCUT2D eigenvalue weighted by Gasteiger charge is -2.39. The maximum atomic E-state index is 13.7. The lowest BCUT2D eigenvalue weighted by molar-refractivity contribution is -0.145. The number of rotatable bonds is 21. The summed E-state index contributed by atoms with van der Waals surface area (Å²) >= 11 is 0. The molecule has 0 amide bonds. The highest BCUT2D eigenvalue weighted by Gasteiger charge is 2.50. The SMILES string of the molecule is C=C1C[C@H](CCCO[Si](CC)(CC)CC)OC1CC[C@H]1C[C@@H](C)C(=C)[C@@H](CC2O[C@H](C[C@H](C)CO[Si](C)(C)C(C)(C)C)[C@H](C)[C@H]2C(C(=O)OC)c2ccccc2)O1. The standard InChI is InChI=1S/C48H82O7Si2/c1-15-57(16-2,17-3)51-27-21-24-39-30-35(6)41(53-39)26-25-40-29-34(5)36(7)43(54-40)31-44-45(46(47(49)50-12)38-22-19-18-20-23-38)37(8)42(55-44)28-33(4)32-52-56(13,14)48(9,10)11/h18-20,22-23,33-34,37,39-46H,6-7,15-17,21,24-32H2,1-5,8-14H3/t33-,34+,37-,39-,40-,41?,42+,43+,44?,45+,46?/m0/s1. The van der Waals surface area contributed by atoms with E-state index in [-0.39, 0.29) is 59.5 Å². The first-order valence-corrected chi connectivity index (χ1v) is 28.1. The molecule has 0 aromatic heterocycles. The average molecular weight is 827 g/mol. The Hall–Kier alpha value is -1.60. The summed E-state index contributed by atoms with van der Waals surface area (Å²) in [4.78, 5) is 13.7. The second-order valence-corrected chi connectivity index (χ2v) is 29.2. The molecular formula is C48H82O7Si2. The van der Waals surface area contributed by atoms with Gasteiger partial charge in [0.25, 0.3) is 0 Å². The third-order valence-corrected chi connectivity index (χ3v) is 23.9. The summed E-state index contributed by atoms with van der Waals surface area (Å²) in [6.07, 6.45) is 7.34. The van der Waals surface area contributed by atoms with Crippen molar-refractivity contribution in [2.45, 2.75) is 192 Å². The van der Waals surface area contributed by atoms with Crippen LogP contribution in [0.3, 0.4) is 0 Å². The van der Waals surface area contributed by atoms with Gasteiger partial charge in [0.15, 0.2) is 16.6 Å². The third kappa shape index (κ3) is 12.5. The van der Waals surface area contributed by atoms with Crippen molar-refractivity contribution in [1.29, 1.82) is 0 Å². The molecule has 0 N–H and O–H groups in total. The van der Waals surface area contributed by atoms with Crippen LogP contribution in [0.1, 0.15) is 125 Å². The van der Waals surface area contributed by atoms with Gasteiger partial charge >= 0.3 is 5.97 Å². The topological polar surface area (TPSA) is 72.5 Å². The van der Waals surface area contributed by atoms with E-state index in [1.165, 1.54) is 30.8 Å². The van der Waals surface area contributed by atoms with Gasteiger partial charge in [-0.3, -0.25) is 4.79 Å². The zero-order chi connectivity index (χ0) is 42.1. The quantitative estimate of drug-likeness (QED) is 0.0529. The van der Waals surface area contributed by atoms with Crippen LogP contribution < -0.4 is 0 Å². The molecule has 0 radical (unpaired) electrons. The van der Waals surface area contributed by atoms with E-state index in [0.29, 0.717) is 24.9 Å². The van der Waals surface area contributed by atoms with Crippen LogP contribution in [0.2, 0.25) is 36.3 Å². The molecule has 11 atom stereocenters. The molecule has 1 aromatic carbocycles. The predicted octanol–water partition coefficient (Wildman–Crippen LogP) is 12.0. The Kier molecular flexibility index (Phi) is 17.9. The Morgan fingerprint density at radius 2 is 1.54 bits per heavy atom. The molecule has 3 unspecified atom stereocenters. The summed E-state index contributed by atoms with van der Waals surface area (Å²) < 4.78 is 39.4. The molecule has 324 valence electrons. The van der Waals surface area contributed by atoms with E-state index in [4.69, 9.17) is 27.8 Å². The zero-order valence-corrected chi connectivity index (χ0v) is 40.2. The van der Waals surface area contributed by atoms with E-state index in [0.717, 1.165) is 62.7 Å². The van der Waals surface area contributed by atoms with Crippen molar-refractivity contribution in [3.8, 4) is 0 Å². The van der Waals surface area contributed by atoms with Crippen LogP contribution in [-0.4, -0.2) is 79.6 Å². The van der Waals surface area contributed by atoms with Gasteiger partial charge in [-0.05, 0) is 116 Å². The van der Waals surface area contributed by atoms with Crippen molar-refractivity contribution in [3.63, 3.8) is 0 Å². The number of ether oxygens (including phenoxy) is 4. The number of carbonyl (C=O) groups excluding carboxylic acids is 1. The van der Waals surface area contributed by atoms with Crippen molar-refractivity contribution in [1.82, 2.24) is 0 Å². The monoisotopic (exact) mass is 827 g/mol. The van der Waals surface area contributed by atoms with E-state index in [1.54, 1.807) is 0 Å². The molecule has 3 heterocycles. The van der Waals surface area contributed by atoms with E-state index in [9.17, 15) is 4.79 Å². The van der Waals surface area contributed by atoms with Crippen LogP contribution in [0.25, 0.3) is 0 Å². The van der Waals surface area contributed by atoms with Crippen molar-refractivity contribution < 1.29 is 32.6 Å². The van der Waals surface area contributed by atoms with Crippen LogP contribution in [0.4, 0.5) is 0 Å². The summed E-state index contributed by atoms with van der Waals surface area (Å²) in [5, 5.41) is 0.156. The number of hydrogen-bond acceptors (Lipinski definition) is 7. The fraction of sp³-hybridized carbons (Fsp3) is 0.771. The zero-order valence-electron chi connectivity index (χ0n) is 38.2. The molecule has 0 saturated carbocycles. The molecule has 3 fully saturated rings. The lowest BCUT2D eigenvalue weighted by Crippen LogP contribution is -2.42. The molecule has 4 rings (SSSR count). The van der Waals surface area contributed by atoms with Gasteiger partial charge in [-0.25, -0.2) is 0 Å². The van der Waals surface area contributed by atoms with Gasteiger partial charge in [-0.15, -0.1) is 0 Å². The normalized spacial score (nSPS) is 29.8. The molecule has 7 nitrogen and oxygen atoms in total. The first kappa shape index (κ1) is 48.1. The number of carbonyl (C=O) groups is 1. The van der Waals surface area contributed by atoms with Gasteiger partial charge in [0.1, 0.15) is 0 Å². The van der Waals surface area contributed by atoms with Gasteiger partial charge in [0.2, 0.25) is 0 Å². The predicted molar refractivity (Wildman–Crippen MR) is 240 cm³/mol. The second kappa shape index (κ2) is 21.3. The van der Waals surface area contributed by atoms with Crippen molar-refractivity contribution in [3.05, 3.63) is 60.2 Å². The molecule has 0 bridgehead atoms. The van der Waals surface area contributed by atoms with Crippen molar-refractivity contribution in [2.24, 2.45) is 23.7 Å². The van der Waals surface area contributed by atoms with Gasteiger partial charge in [-0.1, -0.05) is 106 Å². The van der Waals surface area contributed by atoms with Gasteiger partial charge in [0, 0.05) is 25.6 Å². The molecule has 1 aromatic rings. The van der Waals surface area contributed by atoms with Gasteiger partial charge < -0.3 is 27.8 Å². The Labute approximate surface area is 350 Å². The molecule has 3 aliphatic rings. The Bertz CT molecular complexity index is 1410. The maximum absolute atomic E-state index is 13.7. The van der Waals surface area contributed by atoms with E-state index >= 15 is 0 Å². The van der Waals surface area contributed by atoms with Crippen LogP contribution in [0.15, 0.2) is 54.6 Å². The minimum atomic E-state index is -1.88. The number of methoxy groups -OCH3 is 1. The van der Waals surface area contributed by atoms with Gasteiger partial charge in [0.05, 0.1) is 49.7 Å².